The fourth-order valence-corrected chi connectivity index (χ4v) is 3.76. The highest BCUT2D eigenvalue weighted by Gasteiger charge is 2.28. The van der Waals surface area contributed by atoms with Crippen LogP contribution >= 0.6 is 0 Å². The molecular formula is C12H23NO4S. The van der Waals surface area contributed by atoms with Crippen LogP contribution in [0, 0.1) is 5.41 Å². The van der Waals surface area contributed by atoms with E-state index in [0.29, 0.717) is 13.1 Å². The van der Waals surface area contributed by atoms with Crippen molar-refractivity contribution in [3.8, 4) is 0 Å². The Bertz CT molecular complexity index is 389. The van der Waals surface area contributed by atoms with Gasteiger partial charge in [-0.15, -0.1) is 0 Å². The Morgan fingerprint density at radius 1 is 1.28 bits per heavy atom. The third-order valence-electron chi connectivity index (χ3n) is 3.49. The van der Waals surface area contributed by atoms with Crippen LogP contribution in [-0.4, -0.2) is 42.6 Å². The van der Waals surface area contributed by atoms with Crippen LogP contribution < -0.4 is 0 Å². The molecule has 1 aliphatic rings. The van der Waals surface area contributed by atoms with Crippen LogP contribution in [-0.2, 0) is 14.8 Å². The lowest BCUT2D eigenvalue weighted by molar-refractivity contribution is -0.137. The summed E-state index contributed by atoms with van der Waals surface area (Å²) < 4.78 is 25.7. The summed E-state index contributed by atoms with van der Waals surface area (Å²) in [6, 6.07) is 0. The van der Waals surface area contributed by atoms with Crippen LogP contribution in [0.3, 0.4) is 0 Å². The van der Waals surface area contributed by atoms with Gasteiger partial charge in [0.25, 0.3) is 0 Å². The fraction of sp³-hybridized carbons (Fsp3) is 0.917. The molecule has 6 heteroatoms. The third kappa shape index (κ3) is 4.94. The number of carboxylic acid groups (broad SMARTS) is 1. The molecule has 0 aromatic heterocycles. The predicted molar refractivity (Wildman–Crippen MR) is 69.9 cm³/mol. The van der Waals surface area contributed by atoms with Gasteiger partial charge in [-0.05, 0) is 31.1 Å². The highest BCUT2D eigenvalue weighted by Crippen LogP contribution is 2.30. The van der Waals surface area contributed by atoms with Crippen molar-refractivity contribution in [1.29, 1.82) is 0 Å². The van der Waals surface area contributed by atoms with E-state index < -0.39 is 16.0 Å². The summed E-state index contributed by atoms with van der Waals surface area (Å²) in [5.41, 5.74) is 0.200. The van der Waals surface area contributed by atoms with Crippen molar-refractivity contribution in [3.63, 3.8) is 0 Å². The van der Waals surface area contributed by atoms with Crippen LogP contribution in [0.1, 0.15) is 46.0 Å². The second-order valence-electron chi connectivity index (χ2n) is 5.73. The highest BCUT2D eigenvalue weighted by atomic mass is 32.2. The molecule has 0 spiro atoms. The minimum atomic E-state index is -3.28. The van der Waals surface area contributed by atoms with Gasteiger partial charge < -0.3 is 5.11 Å². The SMILES string of the molecule is CC1(C)CCCN(S(=O)(=O)CCCC(=O)O)CC1. The third-order valence-corrected chi connectivity index (χ3v) is 5.44. The van der Waals surface area contributed by atoms with Crippen LogP contribution in [0.25, 0.3) is 0 Å². The van der Waals surface area contributed by atoms with Crippen molar-refractivity contribution < 1.29 is 18.3 Å². The minimum Gasteiger partial charge on any atom is -0.481 e. The second-order valence-corrected chi connectivity index (χ2v) is 7.82. The van der Waals surface area contributed by atoms with Gasteiger partial charge in [-0.3, -0.25) is 4.79 Å². The molecule has 5 nitrogen and oxygen atoms in total. The molecule has 0 saturated carbocycles. The Morgan fingerprint density at radius 2 is 1.94 bits per heavy atom. The Morgan fingerprint density at radius 3 is 2.56 bits per heavy atom. The summed E-state index contributed by atoms with van der Waals surface area (Å²) >= 11 is 0. The largest absolute Gasteiger partial charge is 0.481 e. The molecule has 1 heterocycles. The smallest absolute Gasteiger partial charge is 0.303 e. The minimum absolute atomic E-state index is 0.0558. The second kappa shape index (κ2) is 6.02. The summed E-state index contributed by atoms with van der Waals surface area (Å²) in [6.45, 7) is 5.45. The highest BCUT2D eigenvalue weighted by molar-refractivity contribution is 7.89. The first-order valence-corrected chi connectivity index (χ1v) is 8.03. The van der Waals surface area contributed by atoms with E-state index in [1.807, 2.05) is 0 Å². The van der Waals surface area contributed by atoms with Gasteiger partial charge in [0.1, 0.15) is 0 Å². The molecule has 1 N–H and O–H groups in total. The Labute approximate surface area is 109 Å². The molecule has 106 valence electrons. The van der Waals surface area contributed by atoms with E-state index in [-0.39, 0.29) is 24.0 Å². The van der Waals surface area contributed by atoms with Crippen molar-refractivity contribution in [3.05, 3.63) is 0 Å². The van der Waals surface area contributed by atoms with Gasteiger partial charge in [-0.2, -0.15) is 0 Å². The summed E-state index contributed by atoms with van der Waals surface area (Å²) in [4.78, 5) is 10.4. The summed E-state index contributed by atoms with van der Waals surface area (Å²) in [5.74, 6) is -0.998. The Kier molecular flexibility index (Phi) is 5.16. The van der Waals surface area contributed by atoms with E-state index in [4.69, 9.17) is 5.11 Å². The fourth-order valence-electron chi connectivity index (χ4n) is 2.21. The first-order valence-electron chi connectivity index (χ1n) is 6.43. The first-order chi connectivity index (χ1) is 8.23. The number of rotatable bonds is 5. The molecule has 0 aliphatic carbocycles. The standard InChI is InChI=1S/C12H23NO4S/c1-12(2)6-4-8-13(9-7-12)18(16,17)10-3-5-11(14)15/h3-10H2,1-2H3,(H,14,15). The van der Waals surface area contributed by atoms with E-state index in [9.17, 15) is 13.2 Å². The van der Waals surface area contributed by atoms with E-state index in [0.717, 1.165) is 19.3 Å². The lowest BCUT2D eigenvalue weighted by Gasteiger charge is -2.23. The number of hydrogen-bond donors (Lipinski definition) is 1. The van der Waals surface area contributed by atoms with Gasteiger partial charge in [0, 0.05) is 19.5 Å². The molecule has 1 fully saturated rings. The Balaban J connectivity index is 2.54. The average molecular weight is 277 g/mol. The van der Waals surface area contributed by atoms with Gasteiger partial charge in [-0.25, -0.2) is 12.7 Å². The normalized spacial score (nSPS) is 21.4. The van der Waals surface area contributed by atoms with Crippen LogP contribution in [0.2, 0.25) is 0 Å². The average Bonchev–Trinajstić information content (AvgIpc) is 2.38. The molecule has 1 rings (SSSR count). The van der Waals surface area contributed by atoms with Crippen molar-refractivity contribution in [2.24, 2.45) is 5.41 Å². The van der Waals surface area contributed by atoms with E-state index in [1.165, 1.54) is 4.31 Å². The molecule has 1 saturated heterocycles. The zero-order chi connectivity index (χ0) is 13.8. The zero-order valence-corrected chi connectivity index (χ0v) is 12.0. The topological polar surface area (TPSA) is 74.7 Å². The monoisotopic (exact) mass is 277 g/mol. The molecular weight excluding hydrogens is 254 g/mol. The zero-order valence-electron chi connectivity index (χ0n) is 11.2. The summed E-state index contributed by atoms with van der Waals surface area (Å²) in [5, 5.41) is 8.53. The van der Waals surface area contributed by atoms with Gasteiger partial charge in [-0.1, -0.05) is 13.8 Å². The van der Waals surface area contributed by atoms with Gasteiger partial charge in [0.15, 0.2) is 0 Å². The van der Waals surface area contributed by atoms with Crippen molar-refractivity contribution in [2.75, 3.05) is 18.8 Å². The van der Waals surface area contributed by atoms with Gasteiger partial charge >= 0.3 is 5.97 Å². The predicted octanol–water partition coefficient (Wildman–Crippen LogP) is 1.69. The lowest BCUT2D eigenvalue weighted by atomic mass is 9.85. The number of nitrogens with zero attached hydrogens (tertiary/aromatic N) is 1. The number of sulfonamides is 1. The van der Waals surface area contributed by atoms with E-state index in [2.05, 4.69) is 13.8 Å². The molecule has 0 amide bonds. The number of hydrogen-bond acceptors (Lipinski definition) is 3. The van der Waals surface area contributed by atoms with Gasteiger partial charge in [0.2, 0.25) is 10.0 Å². The molecule has 0 radical (unpaired) electrons. The maximum atomic E-state index is 12.1. The summed E-state index contributed by atoms with van der Waals surface area (Å²) in [7, 11) is -3.28. The van der Waals surface area contributed by atoms with Crippen LogP contribution in [0.5, 0.6) is 0 Å². The summed E-state index contributed by atoms with van der Waals surface area (Å²) in [6.07, 6.45) is 2.89. The van der Waals surface area contributed by atoms with Crippen LogP contribution in [0.15, 0.2) is 0 Å². The Hall–Kier alpha value is -0.620. The van der Waals surface area contributed by atoms with Crippen molar-refractivity contribution in [1.82, 2.24) is 4.31 Å². The molecule has 0 atom stereocenters. The van der Waals surface area contributed by atoms with Crippen molar-refractivity contribution in [2.45, 2.75) is 46.0 Å². The van der Waals surface area contributed by atoms with Crippen molar-refractivity contribution >= 4 is 16.0 Å². The molecule has 0 aromatic carbocycles. The van der Waals surface area contributed by atoms with Gasteiger partial charge in [0.05, 0.1) is 5.75 Å². The molecule has 18 heavy (non-hydrogen) atoms. The number of carboxylic acids is 1. The molecule has 0 unspecified atom stereocenters. The van der Waals surface area contributed by atoms with E-state index >= 15 is 0 Å². The molecule has 0 bridgehead atoms. The number of carbonyl (C=O) groups is 1. The van der Waals surface area contributed by atoms with Crippen LogP contribution in [0.4, 0.5) is 0 Å². The maximum absolute atomic E-state index is 12.1. The lowest BCUT2D eigenvalue weighted by Crippen LogP contribution is -2.34. The quantitative estimate of drug-likeness (QED) is 0.830. The maximum Gasteiger partial charge on any atom is 0.303 e. The number of aliphatic carboxylic acids is 1. The first kappa shape index (κ1) is 15.4. The molecule has 1 aliphatic heterocycles. The molecule has 0 aromatic rings. The van der Waals surface area contributed by atoms with E-state index in [1.54, 1.807) is 0 Å².